The van der Waals surface area contributed by atoms with Gasteiger partial charge in [0.25, 0.3) is 0 Å². The van der Waals surface area contributed by atoms with Crippen molar-refractivity contribution >= 4 is 21.6 Å². The Balaban J connectivity index is 1.83. The third kappa shape index (κ3) is 3.91. The van der Waals surface area contributed by atoms with E-state index in [-0.39, 0.29) is 0 Å². The largest absolute Gasteiger partial charge is 0.495 e. The molecule has 1 aliphatic rings. The molecule has 18 heavy (non-hydrogen) atoms. The Kier molecular flexibility index (Phi) is 5.36. The first-order chi connectivity index (χ1) is 8.79. The summed E-state index contributed by atoms with van der Waals surface area (Å²) in [5, 5.41) is 3.50. The third-order valence-corrected chi connectivity index (χ3v) is 4.25. The van der Waals surface area contributed by atoms with Crippen molar-refractivity contribution in [2.75, 3.05) is 19.0 Å². The van der Waals surface area contributed by atoms with Gasteiger partial charge in [-0.3, -0.25) is 0 Å². The maximum absolute atomic E-state index is 5.36. The molecule has 0 amide bonds. The second kappa shape index (κ2) is 7.03. The highest BCUT2D eigenvalue weighted by Gasteiger charge is 2.13. The van der Waals surface area contributed by atoms with Crippen LogP contribution < -0.4 is 10.1 Å². The molecule has 0 heterocycles. The fourth-order valence-electron chi connectivity index (χ4n) is 2.71. The molecule has 0 aromatic heterocycles. The van der Waals surface area contributed by atoms with Gasteiger partial charge in [-0.2, -0.15) is 0 Å². The first kappa shape index (κ1) is 13.7. The molecule has 0 atom stereocenters. The van der Waals surface area contributed by atoms with E-state index in [1.807, 2.05) is 12.1 Å². The minimum atomic E-state index is 0.918. The van der Waals surface area contributed by atoms with E-state index in [0.717, 1.165) is 28.4 Å². The Bertz CT molecular complexity index is 375. The molecule has 0 radical (unpaired) electrons. The van der Waals surface area contributed by atoms with Gasteiger partial charge in [0.2, 0.25) is 0 Å². The van der Waals surface area contributed by atoms with Crippen LogP contribution in [0.5, 0.6) is 5.75 Å². The molecule has 1 fully saturated rings. The van der Waals surface area contributed by atoms with Crippen molar-refractivity contribution in [1.82, 2.24) is 0 Å². The number of ether oxygens (including phenoxy) is 1. The topological polar surface area (TPSA) is 21.3 Å². The summed E-state index contributed by atoms with van der Waals surface area (Å²) in [5.41, 5.74) is 1.09. The number of halogens is 1. The predicted octanol–water partition coefficient (Wildman–Crippen LogP) is 4.84. The lowest BCUT2D eigenvalue weighted by molar-refractivity contribution is 0.345. The summed E-state index contributed by atoms with van der Waals surface area (Å²) in [5.74, 6) is 1.84. The van der Waals surface area contributed by atoms with E-state index in [2.05, 4.69) is 27.3 Å². The van der Waals surface area contributed by atoms with Crippen molar-refractivity contribution in [2.24, 2.45) is 5.92 Å². The smallest absolute Gasteiger partial charge is 0.142 e. The quantitative estimate of drug-likeness (QED) is 0.840. The van der Waals surface area contributed by atoms with E-state index < -0.39 is 0 Å². The lowest BCUT2D eigenvalue weighted by Gasteiger charge is -2.22. The Morgan fingerprint density at radius 1 is 1.28 bits per heavy atom. The molecule has 1 N–H and O–H groups in total. The molecule has 0 bridgehead atoms. The van der Waals surface area contributed by atoms with Crippen molar-refractivity contribution in [1.29, 1.82) is 0 Å². The van der Waals surface area contributed by atoms with E-state index in [0.29, 0.717) is 0 Å². The maximum Gasteiger partial charge on any atom is 0.142 e. The minimum Gasteiger partial charge on any atom is -0.495 e. The molecule has 3 heteroatoms. The highest BCUT2D eigenvalue weighted by atomic mass is 79.9. The summed E-state index contributed by atoms with van der Waals surface area (Å²) in [4.78, 5) is 0. The first-order valence-electron chi connectivity index (χ1n) is 6.87. The molecule has 2 rings (SSSR count). The van der Waals surface area contributed by atoms with Crippen LogP contribution in [-0.4, -0.2) is 13.7 Å². The summed E-state index contributed by atoms with van der Waals surface area (Å²) in [7, 11) is 1.72. The van der Waals surface area contributed by atoms with Crippen molar-refractivity contribution in [3.63, 3.8) is 0 Å². The molecule has 0 aliphatic heterocycles. The highest BCUT2D eigenvalue weighted by molar-refractivity contribution is 9.10. The molecule has 0 unspecified atom stereocenters. The average Bonchev–Trinajstić information content (AvgIpc) is 2.40. The second-order valence-corrected chi connectivity index (χ2v) is 5.98. The maximum atomic E-state index is 5.36. The molecule has 2 nitrogen and oxygen atoms in total. The van der Waals surface area contributed by atoms with Gasteiger partial charge in [-0.15, -0.1) is 0 Å². The van der Waals surface area contributed by atoms with Gasteiger partial charge in [-0.25, -0.2) is 0 Å². The number of hydrogen-bond donors (Lipinski definition) is 1. The first-order valence-corrected chi connectivity index (χ1v) is 7.66. The second-order valence-electron chi connectivity index (χ2n) is 5.06. The van der Waals surface area contributed by atoms with Gasteiger partial charge in [0.15, 0.2) is 0 Å². The zero-order valence-corrected chi connectivity index (χ0v) is 12.6. The molecule has 1 saturated carbocycles. The number of methoxy groups -OCH3 is 1. The van der Waals surface area contributed by atoms with Crippen molar-refractivity contribution in [3.05, 3.63) is 22.7 Å². The number of nitrogens with one attached hydrogen (secondary N) is 1. The molecule has 1 aromatic rings. The summed E-state index contributed by atoms with van der Waals surface area (Å²) in [6.45, 7) is 1.04. The van der Waals surface area contributed by atoms with Crippen molar-refractivity contribution < 1.29 is 4.74 Å². The Labute approximate surface area is 118 Å². The Morgan fingerprint density at radius 2 is 2.06 bits per heavy atom. The van der Waals surface area contributed by atoms with Crippen molar-refractivity contribution in [2.45, 2.75) is 38.5 Å². The van der Waals surface area contributed by atoms with E-state index in [1.165, 1.54) is 38.5 Å². The summed E-state index contributed by atoms with van der Waals surface area (Å²) >= 11 is 3.50. The van der Waals surface area contributed by atoms with E-state index in [1.54, 1.807) is 7.11 Å². The number of benzene rings is 1. The van der Waals surface area contributed by atoms with Crippen LogP contribution in [0.4, 0.5) is 5.69 Å². The molecule has 1 aromatic carbocycles. The summed E-state index contributed by atoms with van der Waals surface area (Å²) in [6, 6.07) is 6.08. The van der Waals surface area contributed by atoms with Crippen LogP contribution in [0.1, 0.15) is 38.5 Å². The fraction of sp³-hybridized carbons (Fsp3) is 0.600. The van der Waals surface area contributed by atoms with E-state index >= 15 is 0 Å². The summed E-state index contributed by atoms with van der Waals surface area (Å²) < 4.78 is 6.45. The molecule has 0 spiro atoms. The van der Waals surface area contributed by atoms with Gasteiger partial charge in [0.05, 0.1) is 12.8 Å². The van der Waals surface area contributed by atoms with Gasteiger partial charge < -0.3 is 10.1 Å². The standard InChI is InChI=1S/C15H22BrNO/c1-18-15-8-7-13(16)11-14(15)17-10-9-12-5-3-2-4-6-12/h7-8,11-12,17H,2-6,9-10H2,1H3. The van der Waals surface area contributed by atoms with E-state index in [9.17, 15) is 0 Å². The number of rotatable bonds is 5. The third-order valence-electron chi connectivity index (χ3n) is 3.75. The SMILES string of the molecule is COc1ccc(Br)cc1NCCC1CCCCC1. The number of anilines is 1. The van der Waals surface area contributed by atoms with E-state index in [4.69, 9.17) is 4.74 Å². The molecular weight excluding hydrogens is 290 g/mol. The van der Waals surface area contributed by atoms with Crippen LogP contribution in [0, 0.1) is 5.92 Å². The normalized spacial score (nSPS) is 16.6. The highest BCUT2D eigenvalue weighted by Crippen LogP contribution is 2.29. The van der Waals surface area contributed by atoms with Crippen LogP contribution in [0.3, 0.4) is 0 Å². The lowest BCUT2D eigenvalue weighted by atomic mass is 9.87. The zero-order valence-electron chi connectivity index (χ0n) is 11.0. The molecular formula is C15H22BrNO. The average molecular weight is 312 g/mol. The molecule has 100 valence electrons. The van der Waals surface area contributed by atoms with Gasteiger partial charge in [-0.05, 0) is 30.5 Å². The molecule has 0 saturated heterocycles. The van der Waals surface area contributed by atoms with Crippen molar-refractivity contribution in [3.8, 4) is 5.75 Å². The number of hydrogen-bond acceptors (Lipinski definition) is 2. The fourth-order valence-corrected chi connectivity index (χ4v) is 3.07. The Hall–Kier alpha value is -0.700. The van der Waals surface area contributed by atoms with Gasteiger partial charge in [0, 0.05) is 11.0 Å². The lowest BCUT2D eigenvalue weighted by Crippen LogP contribution is -2.12. The van der Waals surface area contributed by atoms with Gasteiger partial charge >= 0.3 is 0 Å². The van der Waals surface area contributed by atoms with Crippen LogP contribution in [-0.2, 0) is 0 Å². The van der Waals surface area contributed by atoms with Gasteiger partial charge in [-0.1, -0.05) is 48.0 Å². The van der Waals surface area contributed by atoms with Crippen LogP contribution in [0.15, 0.2) is 22.7 Å². The van der Waals surface area contributed by atoms with Crippen LogP contribution in [0.2, 0.25) is 0 Å². The van der Waals surface area contributed by atoms with Crippen LogP contribution in [0.25, 0.3) is 0 Å². The monoisotopic (exact) mass is 311 g/mol. The molecule has 1 aliphatic carbocycles. The van der Waals surface area contributed by atoms with Crippen LogP contribution >= 0.6 is 15.9 Å². The minimum absolute atomic E-state index is 0.918. The van der Waals surface area contributed by atoms with Gasteiger partial charge in [0.1, 0.15) is 5.75 Å². The Morgan fingerprint density at radius 3 is 2.78 bits per heavy atom. The summed E-state index contributed by atoms with van der Waals surface area (Å²) in [6.07, 6.45) is 8.38. The zero-order chi connectivity index (χ0) is 12.8. The predicted molar refractivity (Wildman–Crippen MR) is 80.4 cm³/mol.